The second-order valence-corrected chi connectivity index (χ2v) is 13.2. The van der Waals surface area contributed by atoms with Gasteiger partial charge in [-0.2, -0.15) is 0 Å². The molecule has 1 spiro atoms. The number of hydrogen-bond acceptors (Lipinski definition) is 5. The summed E-state index contributed by atoms with van der Waals surface area (Å²) in [5, 5.41) is 16.7. The number of amides is 4. The van der Waals surface area contributed by atoms with Crippen molar-refractivity contribution < 1.29 is 37.9 Å². The van der Waals surface area contributed by atoms with Gasteiger partial charge in [0.2, 0.25) is 23.5 Å². The number of nitrogens with one attached hydrogen (secondary N) is 3. The lowest BCUT2D eigenvalue weighted by Crippen LogP contribution is -2.59. The molecule has 4 amide bonds. The number of hydrogen-bond donors (Lipinski definition) is 4. The molecule has 1 aromatic rings. The molecule has 0 radical (unpaired) electrons. The highest BCUT2D eigenvalue weighted by Gasteiger charge is 2.51. The Kier molecular flexibility index (Phi) is 10.9. The van der Waals surface area contributed by atoms with Gasteiger partial charge in [0, 0.05) is 19.5 Å². The summed E-state index contributed by atoms with van der Waals surface area (Å²) in [5.74, 6) is -6.52. The minimum Gasteiger partial charge on any atom is -0.465 e. The van der Waals surface area contributed by atoms with Gasteiger partial charge in [0.1, 0.15) is 12.1 Å². The molecule has 0 bridgehead atoms. The molecular formula is C31H44F2N4O6. The number of ketones is 1. The molecule has 2 aliphatic rings. The van der Waals surface area contributed by atoms with Gasteiger partial charge in [-0.05, 0) is 49.0 Å². The zero-order valence-corrected chi connectivity index (χ0v) is 25.4. The normalized spacial score (nSPS) is 19.8. The Balaban J connectivity index is 1.85. The van der Waals surface area contributed by atoms with E-state index in [1.54, 1.807) is 51.1 Å². The number of carboxylic acid groups (broad SMARTS) is 1. The SMILES string of the molecule is CC(F)(F)CC[C@H](NC(=O)[C@@H]1CC2(CCCCC2)CN1C(=O)[C@@H](NC(=O)O)C(C)(C)C)C(=O)C(=O)NCc1ccccc1. The van der Waals surface area contributed by atoms with E-state index in [9.17, 15) is 37.9 Å². The van der Waals surface area contributed by atoms with E-state index in [1.807, 2.05) is 0 Å². The van der Waals surface area contributed by atoms with E-state index in [1.165, 1.54) is 4.90 Å². The van der Waals surface area contributed by atoms with Crippen LogP contribution in [0.15, 0.2) is 30.3 Å². The maximum Gasteiger partial charge on any atom is 0.405 e. The highest BCUT2D eigenvalue weighted by molar-refractivity contribution is 6.38. The summed E-state index contributed by atoms with van der Waals surface area (Å²) < 4.78 is 27.7. The van der Waals surface area contributed by atoms with Crippen LogP contribution in [0.3, 0.4) is 0 Å². The molecule has 3 atom stereocenters. The van der Waals surface area contributed by atoms with Crippen molar-refractivity contribution in [2.75, 3.05) is 6.54 Å². The fourth-order valence-electron chi connectivity index (χ4n) is 6.08. The summed E-state index contributed by atoms with van der Waals surface area (Å²) in [7, 11) is 0. The molecule has 43 heavy (non-hydrogen) atoms. The second-order valence-electron chi connectivity index (χ2n) is 13.2. The summed E-state index contributed by atoms with van der Waals surface area (Å²) in [6.45, 7) is 6.09. The zero-order valence-electron chi connectivity index (χ0n) is 25.4. The zero-order chi connectivity index (χ0) is 32.0. The van der Waals surface area contributed by atoms with Crippen molar-refractivity contribution in [3.63, 3.8) is 0 Å². The fraction of sp³-hybridized carbons (Fsp3) is 0.645. The van der Waals surface area contributed by atoms with Crippen molar-refractivity contribution in [1.82, 2.24) is 20.9 Å². The Labute approximate surface area is 251 Å². The highest BCUT2D eigenvalue weighted by atomic mass is 19.3. The van der Waals surface area contributed by atoms with Crippen molar-refractivity contribution in [1.29, 1.82) is 0 Å². The van der Waals surface area contributed by atoms with Crippen LogP contribution in [-0.2, 0) is 25.7 Å². The van der Waals surface area contributed by atoms with Gasteiger partial charge in [0.05, 0.1) is 6.04 Å². The number of rotatable bonds is 11. The number of halogens is 2. The van der Waals surface area contributed by atoms with Crippen molar-refractivity contribution in [3.8, 4) is 0 Å². The third kappa shape index (κ3) is 9.46. The highest BCUT2D eigenvalue weighted by Crippen LogP contribution is 2.47. The predicted molar refractivity (Wildman–Crippen MR) is 155 cm³/mol. The van der Waals surface area contributed by atoms with E-state index in [0.29, 0.717) is 13.3 Å². The summed E-state index contributed by atoms with van der Waals surface area (Å²) in [5.41, 5.74) is -0.448. The Morgan fingerprint density at radius 2 is 1.63 bits per heavy atom. The number of carbonyl (C=O) groups excluding carboxylic acids is 4. The van der Waals surface area contributed by atoms with Crippen LogP contribution in [0.2, 0.25) is 0 Å². The number of nitrogens with zero attached hydrogens (tertiary/aromatic N) is 1. The third-order valence-electron chi connectivity index (χ3n) is 8.41. The molecule has 1 saturated carbocycles. The first-order chi connectivity index (χ1) is 20.0. The smallest absolute Gasteiger partial charge is 0.405 e. The number of benzene rings is 1. The molecule has 1 aliphatic heterocycles. The standard InChI is InChI=1S/C31H44F2N4O6/c1-29(2,3)24(36-28(42)43)27(41)37-19-31(14-9-6-10-15-31)17-22(37)25(39)35-21(13-16-30(4,32)33)23(38)26(40)34-18-20-11-7-5-8-12-20/h5,7-8,11-12,21-22,24,36H,6,9-10,13-19H2,1-4H3,(H,34,40)(H,35,39)(H,42,43)/t21-,22-,24+/m0/s1. The van der Waals surface area contributed by atoms with Crippen molar-refractivity contribution >= 4 is 29.6 Å². The largest absolute Gasteiger partial charge is 0.465 e. The van der Waals surface area contributed by atoms with Crippen LogP contribution in [0.25, 0.3) is 0 Å². The topological polar surface area (TPSA) is 145 Å². The van der Waals surface area contributed by atoms with Crippen LogP contribution in [0.1, 0.15) is 84.6 Å². The molecule has 10 nitrogen and oxygen atoms in total. The Morgan fingerprint density at radius 1 is 1.00 bits per heavy atom. The van der Waals surface area contributed by atoms with Crippen LogP contribution in [-0.4, -0.2) is 70.2 Å². The molecule has 4 N–H and O–H groups in total. The molecule has 1 saturated heterocycles. The molecule has 0 unspecified atom stereocenters. The predicted octanol–water partition coefficient (Wildman–Crippen LogP) is 4.03. The second kappa shape index (κ2) is 13.8. The first-order valence-electron chi connectivity index (χ1n) is 14.9. The lowest BCUT2D eigenvalue weighted by atomic mass is 9.72. The maximum atomic E-state index is 13.9. The molecule has 1 aliphatic carbocycles. The molecule has 1 aromatic carbocycles. The average molecular weight is 607 g/mol. The van der Waals surface area contributed by atoms with Gasteiger partial charge in [-0.1, -0.05) is 70.4 Å². The monoisotopic (exact) mass is 606 g/mol. The fourth-order valence-corrected chi connectivity index (χ4v) is 6.08. The lowest BCUT2D eigenvalue weighted by molar-refractivity contribution is -0.144. The first-order valence-corrected chi connectivity index (χ1v) is 14.9. The van der Waals surface area contributed by atoms with E-state index < -0.39 is 71.9 Å². The number of alkyl halides is 2. The number of Topliss-reactive ketones (excluding diaryl/α,β-unsaturated/α-hetero) is 1. The Hall–Kier alpha value is -3.57. The average Bonchev–Trinajstić information content (AvgIpc) is 3.30. The van der Waals surface area contributed by atoms with E-state index in [2.05, 4.69) is 16.0 Å². The molecule has 0 aromatic heterocycles. The number of carbonyl (C=O) groups is 5. The van der Waals surface area contributed by atoms with Gasteiger partial charge in [0.15, 0.2) is 0 Å². The van der Waals surface area contributed by atoms with Crippen LogP contribution in [0.5, 0.6) is 0 Å². The van der Waals surface area contributed by atoms with Gasteiger partial charge < -0.3 is 26.0 Å². The van der Waals surface area contributed by atoms with Gasteiger partial charge in [0.25, 0.3) is 5.91 Å². The third-order valence-corrected chi connectivity index (χ3v) is 8.41. The first kappa shape index (κ1) is 33.9. The van der Waals surface area contributed by atoms with Crippen LogP contribution in [0, 0.1) is 10.8 Å². The van der Waals surface area contributed by atoms with E-state index in [4.69, 9.17) is 0 Å². The molecule has 238 valence electrons. The quantitative estimate of drug-likeness (QED) is 0.280. The van der Waals surface area contributed by atoms with Gasteiger partial charge in [-0.3, -0.25) is 19.2 Å². The van der Waals surface area contributed by atoms with Crippen molar-refractivity contribution in [2.45, 2.75) is 110 Å². The summed E-state index contributed by atoms with van der Waals surface area (Å²) >= 11 is 0. The summed E-state index contributed by atoms with van der Waals surface area (Å²) in [6, 6.07) is 5.07. The Bertz CT molecular complexity index is 1170. The molecule has 3 rings (SSSR count). The minimum atomic E-state index is -3.15. The van der Waals surface area contributed by atoms with Crippen molar-refractivity contribution in [3.05, 3.63) is 35.9 Å². The van der Waals surface area contributed by atoms with E-state index in [0.717, 1.165) is 37.7 Å². The lowest BCUT2D eigenvalue weighted by Gasteiger charge is -2.36. The Morgan fingerprint density at radius 3 is 2.19 bits per heavy atom. The van der Waals surface area contributed by atoms with E-state index in [-0.39, 0.29) is 18.5 Å². The van der Waals surface area contributed by atoms with E-state index >= 15 is 0 Å². The maximum absolute atomic E-state index is 13.9. The molecule has 2 fully saturated rings. The summed E-state index contributed by atoms with van der Waals surface area (Å²) in [4.78, 5) is 66.6. The molecule has 1 heterocycles. The van der Waals surface area contributed by atoms with Gasteiger partial charge in [-0.15, -0.1) is 0 Å². The van der Waals surface area contributed by atoms with Crippen LogP contribution >= 0.6 is 0 Å². The number of likely N-dealkylation sites (tertiary alicyclic amines) is 1. The van der Waals surface area contributed by atoms with Gasteiger partial charge in [-0.25, -0.2) is 13.6 Å². The van der Waals surface area contributed by atoms with Crippen LogP contribution in [0.4, 0.5) is 13.6 Å². The molecule has 12 heteroatoms. The van der Waals surface area contributed by atoms with Gasteiger partial charge >= 0.3 is 6.09 Å². The van der Waals surface area contributed by atoms with Crippen molar-refractivity contribution in [2.24, 2.45) is 10.8 Å². The minimum absolute atomic E-state index is 0.0359. The molecular weight excluding hydrogens is 562 g/mol. The summed E-state index contributed by atoms with van der Waals surface area (Å²) in [6.07, 6.45) is 2.09. The van der Waals surface area contributed by atoms with Crippen LogP contribution < -0.4 is 16.0 Å².